The molecule has 1 amide bonds. The molecule has 1 aliphatic rings. The summed E-state index contributed by atoms with van der Waals surface area (Å²) in [4.78, 5) is 28.5. The van der Waals surface area contributed by atoms with Gasteiger partial charge < -0.3 is 20.1 Å². The number of primary amides is 1. The Labute approximate surface area is 133 Å². The third-order valence-electron chi connectivity index (χ3n) is 3.96. The molecule has 1 saturated heterocycles. The molecule has 0 bridgehead atoms. The van der Waals surface area contributed by atoms with E-state index in [0.29, 0.717) is 24.3 Å². The highest BCUT2D eigenvalue weighted by Gasteiger charge is 2.31. The third kappa shape index (κ3) is 2.95. The van der Waals surface area contributed by atoms with Crippen LogP contribution in [-0.2, 0) is 0 Å². The van der Waals surface area contributed by atoms with Crippen LogP contribution < -0.4 is 10.6 Å². The van der Waals surface area contributed by atoms with Gasteiger partial charge in [-0.25, -0.2) is 0 Å². The van der Waals surface area contributed by atoms with Gasteiger partial charge in [0.2, 0.25) is 11.5 Å². The number of nitrogens with two attached hydrogens (primary N) is 1. The molecule has 0 saturated carbocycles. The number of hydrogen-bond donors (Lipinski definition) is 1. The fourth-order valence-corrected chi connectivity index (χ4v) is 2.64. The maximum atomic E-state index is 12.7. The first-order valence-electron chi connectivity index (χ1n) is 7.40. The maximum absolute atomic E-state index is 12.7. The predicted molar refractivity (Wildman–Crippen MR) is 84.6 cm³/mol. The van der Waals surface area contributed by atoms with E-state index < -0.39 is 5.91 Å². The molecule has 7 nitrogen and oxygen atoms in total. The zero-order valence-corrected chi connectivity index (χ0v) is 12.9. The molecule has 0 radical (unpaired) electrons. The highest BCUT2D eigenvalue weighted by atomic mass is 16.5. The number of aromatic nitrogens is 1. The Bertz CT molecular complexity index is 718. The van der Waals surface area contributed by atoms with E-state index in [0.717, 1.165) is 13.1 Å². The lowest BCUT2D eigenvalue weighted by atomic mass is 10.1. The van der Waals surface area contributed by atoms with Gasteiger partial charge in [0.15, 0.2) is 5.69 Å². The molecule has 1 fully saturated rings. The highest BCUT2D eigenvalue weighted by Crippen LogP contribution is 2.28. The number of anilines is 1. The van der Waals surface area contributed by atoms with Gasteiger partial charge in [0.25, 0.3) is 5.91 Å². The van der Waals surface area contributed by atoms with Crippen LogP contribution in [0.3, 0.4) is 0 Å². The third-order valence-corrected chi connectivity index (χ3v) is 3.96. The van der Waals surface area contributed by atoms with Crippen molar-refractivity contribution in [3.8, 4) is 0 Å². The zero-order chi connectivity index (χ0) is 16.4. The fourth-order valence-electron chi connectivity index (χ4n) is 2.64. The minimum absolute atomic E-state index is 0.00818. The SMILES string of the molecule is CN1CCN(c2c(C(N)=O)noc2C(=O)c2ccccc2)CC1. The molecule has 3 rings (SSSR count). The van der Waals surface area contributed by atoms with Crippen molar-refractivity contribution in [2.24, 2.45) is 5.73 Å². The van der Waals surface area contributed by atoms with Gasteiger partial charge in [-0.3, -0.25) is 9.59 Å². The number of rotatable bonds is 4. The Balaban J connectivity index is 2.01. The van der Waals surface area contributed by atoms with Crippen LogP contribution in [0.2, 0.25) is 0 Å². The van der Waals surface area contributed by atoms with Crippen molar-refractivity contribution in [3.63, 3.8) is 0 Å². The van der Waals surface area contributed by atoms with Gasteiger partial charge in [-0.15, -0.1) is 0 Å². The average Bonchev–Trinajstić information content (AvgIpc) is 3.01. The van der Waals surface area contributed by atoms with Crippen molar-refractivity contribution >= 4 is 17.4 Å². The molecule has 0 unspecified atom stereocenters. The fraction of sp³-hybridized carbons (Fsp3) is 0.312. The average molecular weight is 314 g/mol. The lowest BCUT2D eigenvalue weighted by molar-refractivity contribution is 0.0979. The molecular weight excluding hydrogens is 296 g/mol. The van der Waals surface area contributed by atoms with Gasteiger partial charge in [0.05, 0.1) is 0 Å². The van der Waals surface area contributed by atoms with Crippen molar-refractivity contribution in [3.05, 3.63) is 47.3 Å². The number of piperazine rings is 1. The van der Waals surface area contributed by atoms with E-state index in [-0.39, 0.29) is 17.2 Å². The predicted octanol–water partition coefficient (Wildman–Crippen LogP) is 0.756. The summed E-state index contributed by atoms with van der Waals surface area (Å²) in [5.74, 6) is -0.941. The molecule has 7 heteroatoms. The molecule has 0 spiro atoms. The number of hydrogen-bond acceptors (Lipinski definition) is 6. The molecule has 1 aromatic carbocycles. The monoisotopic (exact) mass is 314 g/mol. The maximum Gasteiger partial charge on any atom is 0.273 e. The largest absolute Gasteiger partial charge is 0.364 e. The number of likely N-dealkylation sites (N-methyl/N-ethyl adjacent to an activating group) is 1. The minimum Gasteiger partial charge on any atom is -0.364 e. The van der Waals surface area contributed by atoms with Crippen LogP contribution in [-0.4, -0.2) is 55.0 Å². The first kappa shape index (κ1) is 15.2. The summed E-state index contributed by atoms with van der Waals surface area (Å²) in [5.41, 5.74) is 6.28. The number of amides is 1. The molecule has 2 N–H and O–H groups in total. The smallest absolute Gasteiger partial charge is 0.273 e. The topological polar surface area (TPSA) is 92.7 Å². The van der Waals surface area contributed by atoms with Crippen molar-refractivity contribution in [2.75, 3.05) is 38.1 Å². The van der Waals surface area contributed by atoms with Gasteiger partial charge in [-0.2, -0.15) is 0 Å². The van der Waals surface area contributed by atoms with Crippen LogP contribution in [0.5, 0.6) is 0 Å². The van der Waals surface area contributed by atoms with Crippen molar-refractivity contribution in [1.29, 1.82) is 0 Å². The highest BCUT2D eigenvalue weighted by molar-refractivity contribution is 6.13. The Morgan fingerprint density at radius 3 is 2.39 bits per heavy atom. The van der Waals surface area contributed by atoms with E-state index >= 15 is 0 Å². The van der Waals surface area contributed by atoms with Gasteiger partial charge in [-0.1, -0.05) is 35.5 Å². The second-order valence-electron chi connectivity index (χ2n) is 5.56. The van der Waals surface area contributed by atoms with Crippen LogP contribution >= 0.6 is 0 Å². The first-order valence-corrected chi connectivity index (χ1v) is 7.40. The van der Waals surface area contributed by atoms with Crippen LogP contribution in [0.1, 0.15) is 26.6 Å². The normalized spacial score (nSPS) is 15.6. The van der Waals surface area contributed by atoms with E-state index in [1.54, 1.807) is 24.3 Å². The van der Waals surface area contributed by atoms with Crippen LogP contribution in [0.15, 0.2) is 34.9 Å². The van der Waals surface area contributed by atoms with Crippen LogP contribution in [0.4, 0.5) is 5.69 Å². The Morgan fingerprint density at radius 2 is 1.78 bits per heavy atom. The van der Waals surface area contributed by atoms with E-state index in [9.17, 15) is 9.59 Å². The van der Waals surface area contributed by atoms with Crippen LogP contribution in [0.25, 0.3) is 0 Å². The second-order valence-corrected chi connectivity index (χ2v) is 5.56. The lowest BCUT2D eigenvalue weighted by Crippen LogP contribution is -2.45. The van der Waals surface area contributed by atoms with Gasteiger partial charge in [0.1, 0.15) is 5.69 Å². The summed E-state index contributed by atoms with van der Waals surface area (Å²) >= 11 is 0. The van der Waals surface area contributed by atoms with Crippen LogP contribution in [0, 0.1) is 0 Å². The Kier molecular flexibility index (Phi) is 4.12. The van der Waals surface area contributed by atoms with Crippen molar-refractivity contribution in [1.82, 2.24) is 10.1 Å². The molecule has 1 aromatic heterocycles. The summed E-state index contributed by atoms with van der Waals surface area (Å²) in [6.45, 7) is 2.99. The molecule has 2 aromatic rings. The number of carbonyl (C=O) groups is 2. The number of benzene rings is 1. The van der Waals surface area contributed by atoms with Gasteiger partial charge in [0, 0.05) is 31.7 Å². The zero-order valence-electron chi connectivity index (χ0n) is 12.9. The molecule has 0 aliphatic carbocycles. The molecule has 1 aliphatic heterocycles. The molecule has 23 heavy (non-hydrogen) atoms. The molecular formula is C16H18N4O3. The van der Waals surface area contributed by atoms with E-state index in [4.69, 9.17) is 10.3 Å². The van der Waals surface area contributed by atoms with Crippen molar-refractivity contribution < 1.29 is 14.1 Å². The second kappa shape index (κ2) is 6.21. The summed E-state index contributed by atoms with van der Waals surface area (Å²) in [7, 11) is 2.02. The molecule has 120 valence electrons. The first-order chi connectivity index (χ1) is 11.1. The minimum atomic E-state index is -0.699. The van der Waals surface area contributed by atoms with Crippen molar-refractivity contribution in [2.45, 2.75) is 0 Å². The number of ketones is 1. The van der Waals surface area contributed by atoms with Gasteiger partial charge >= 0.3 is 0 Å². The standard InChI is InChI=1S/C16H18N4O3/c1-19-7-9-20(10-8-19)13-12(16(17)22)18-23-15(13)14(21)11-5-3-2-4-6-11/h2-6H,7-10H2,1H3,(H2,17,22). The lowest BCUT2D eigenvalue weighted by Gasteiger charge is -2.33. The number of carbonyl (C=O) groups excluding carboxylic acids is 2. The Hall–Kier alpha value is -2.67. The summed E-state index contributed by atoms with van der Waals surface area (Å²) in [5, 5.41) is 3.73. The van der Waals surface area contributed by atoms with E-state index in [2.05, 4.69) is 10.1 Å². The van der Waals surface area contributed by atoms with E-state index in [1.807, 2.05) is 18.0 Å². The summed E-state index contributed by atoms with van der Waals surface area (Å²) < 4.78 is 5.20. The van der Waals surface area contributed by atoms with Gasteiger partial charge in [-0.05, 0) is 7.05 Å². The quantitative estimate of drug-likeness (QED) is 0.837. The summed E-state index contributed by atoms with van der Waals surface area (Å²) in [6, 6.07) is 8.76. The Morgan fingerprint density at radius 1 is 1.13 bits per heavy atom. The van der Waals surface area contributed by atoms with E-state index in [1.165, 1.54) is 0 Å². The molecule has 2 heterocycles. The molecule has 0 atom stereocenters. The summed E-state index contributed by atoms with van der Waals surface area (Å²) in [6.07, 6.45) is 0. The number of nitrogens with zero attached hydrogens (tertiary/aromatic N) is 3.